The Morgan fingerprint density at radius 2 is 1.75 bits per heavy atom. The number of amides is 3. The van der Waals surface area contributed by atoms with Crippen molar-refractivity contribution in [3.05, 3.63) is 94.4 Å². The molecule has 3 amide bonds. The van der Waals surface area contributed by atoms with Crippen LogP contribution in [0.1, 0.15) is 89.9 Å². The number of fused-ring (bicyclic) bond motifs is 1. The highest BCUT2D eigenvalue weighted by Crippen LogP contribution is 2.48. The van der Waals surface area contributed by atoms with Gasteiger partial charge in [-0.1, -0.05) is 35.5 Å². The van der Waals surface area contributed by atoms with Gasteiger partial charge in [-0.15, -0.1) is 0 Å². The zero-order valence-corrected chi connectivity index (χ0v) is 30.8. The van der Waals surface area contributed by atoms with Crippen molar-refractivity contribution in [3.8, 4) is 17.2 Å². The Bertz CT molecular complexity index is 2100. The number of benzene rings is 3. The van der Waals surface area contributed by atoms with E-state index in [1.165, 1.54) is 5.56 Å². The van der Waals surface area contributed by atoms with Crippen molar-refractivity contribution in [2.75, 3.05) is 29.4 Å². The van der Waals surface area contributed by atoms with Crippen LogP contribution < -0.4 is 15.1 Å². The summed E-state index contributed by atoms with van der Waals surface area (Å²) >= 11 is 0. The second-order valence-electron chi connectivity index (χ2n) is 15.4. The fourth-order valence-electron chi connectivity index (χ4n) is 8.65. The number of carbonyl (C=O) groups is 3. The van der Waals surface area contributed by atoms with Crippen LogP contribution in [0.15, 0.2) is 65.2 Å². The molecule has 1 unspecified atom stereocenters. The third kappa shape index (κ3) is 6.58. The number of aryl methyl sites for hydroxylation is 3. The first-order chi connectivity index (χ1) is 25.6. The van der Waals surface area contributed by atoms with E-state index in [1.807, 2.05) is 26.0 Å². The summed E-state index contributed by atoms with van der Waals surface area (Å²) < 4.78 is 5.52. The Morgan fingerprint density at radius 1 is 0.981 bits per heavy atom. The second kappa shape index (κ2) is 13.8. The number of anilines is 3. The Kier molecular flexibility index (Phi) is 9.05. The number of imide groups is 1. The molecule has 3 fully saturated rings. The molecule has 4 aliphatic rings. The van der Waals surface area contributed by atoms with E-state index in [0.717, 1.165) is 109 Å². The highest BCUT2D eigenvalue weighted by atomic mass is 16.5. The van der Waals surface area contributed by atoms with E-state index in [1.54, 1.807) is 4.90 Å². The molecule has 4 aromatic rings. The second-order valence-corrected chi connectivity index (χ2v) is 15.4. The van der Waals surface area contributed by atoms with Crippen LogP contribution in [-0.4, -0.2) is 53.5 Å². The number of nitrogens with one attached hydrogen (secondary N) is 1. The maximum absolute atomic E-state index is 13.4. The van der Waals surface area contributed by atoms with Gasteiger partial charge in [0.1, 0.15) is 11.8 Å². The van der Waals surface area contributed by atoms with Gasteiger partial charge in [-0.25, -0.2) is 0 Å². The number of rotatable bonds is 10. The highest BCUT2D eigenvalue weighted by molar-refractivity contribution is 6.05. The molecule has 10 nitrogen and oxygen atoms in total. The maximum atomic E-state index is 13.4. The third-order valence-electron chi connectivity index (χ3n) is 12.0. The van der Waals surface area contributed by atoms with Gasteiger partial charge in [0.05, 0.1) is 17.2 Å². The van der Waals surface area contributed by atoms with E-state index in [4.69, 9.17) is 4.52 Å². The first kappa shape index (κ1) is 34.6. The predicted molar refractivity (Wildman–Crippen MR) is 203 cm³/mol. The summed E-state index contributed by atoms with van der Waals surface area (Å²) in [5.41, 5.74) is 9.93. The summed E-state index contributed by atoms with van der Waals surface area (Å²) in [5.74, 6) is 0.631. The van der Waals surface area contributed by atoms with Crippen molar-refractivity contribution in [2.24, 2.45) is 5.92 Å². The van der Waals surface area contributed by atoms with Gasteiger partial charge in [-0.05, 0) is 124 Å². The first-order valence-electron chi connectivity index (χ1n) is 19.0. The van der Waals surface area contributed by atoms with Gasteiger partial charge in [-0.2, -0.15) is 5.26 Å². The lowest BCUT2D eigenvalue weighted by atomic mass is 9.91. The standard InChI is InChI=1S/C43H46N6O4/c1-27-6-7-31(40-28(2)46-53-29(40)3)23-38(27)48(34-12-9-33(10-13-34)43(26-44)18-19-43)20-4-5-30-16-21-47(22-17-30)35-11-8-32-25-49(42(52)36(32)24-35)37-14-15-39(50)45-41(37)51/h6-13,23-24,30,37H,4-5,14-22,25H2,1-3H3,(H,45,50,51). The number of piperidine rings is 2. The lowest BCUT2D eigenvalue weighted by Gasteiger charge is -2.34. The fraction of sp³-hybridized carbons (Fsp3) is 0.419. The average molecular weight is 711 g/mol. The monoisotopic (exact) mass is 710 g/mol. The molecule has 1 aromatic heterocycles. The molecular weight excluding hydrogens is 665 g/mol. The number of aromatic nitrogens is 1. The van der Waals surface area contributed by atoms with E-state index >= 15 is 0 Å². The normalized spacial score (nSPS) is 19.6. The molecule has 0 spiro atoms. The Hall–Kier alpha value is -5.43. The summed E-state index contributed by atoms with van der Waals surface area (Å²) in [6.45, 7) is 9.23. The lowest BCUT2D eigenvalue weighted by Crippen LogP contribution is -2.52. The van der Waals surface area contributed by atoms with Gasteiger partial charge in [0.2, 0.25) is 11.8 Å². The molecule has 1 atom stereocenters. The summed E-state index contributed by atoms with van der Waals surface area (Å²) in [5, 5.41) is 16.4. The van der Waals surface area contributed by atoms with Crippen LogP contribution >= 0.6 is 0 Å². The van der Waals surface area contributed by atoms with Crippen molar-refractivity contribution in [1.29, 1.82) is 5.26 Å². The molecule has 272 valence electrons. The van der Waals surface area contributed by atoms with Gasteiger partial charge >= 0.3 is 0 Å². The molecule has 2 saturated heterocycles. The smallest absolute Gasteiger partial charge is 0.255 e. The van der Waals surface area contributed by atoms with Crippen LogP contribution in [0.4, 0.5) is 17.1 Å². The first-order valence-corrected chi connectivity index (χ1v) is 19.0. The molecule has 4 heterocycles. The number of carbonyl (C=O) groups excluding carboxylic acids is 3. The SMILES string of the molecule is Cc1ccc(-c2c(C)noc2C)cc1N(CCCC1CCN(c2ccc3c(c2)C(=O)N(C2CCC(=O)NC2=O)C3)CC1)c1ccc(C2(C#N)CC2)cc1. The van der Waals surface area contributed by atoms with Crippen molar-refractivity contribution >= 4 is 34.8 Å². The fourth-order valence-corrected chi connectivity index (χ4v) is 8.65. The maximum Gasteiger partial charge on any atom is 0.255 e. The van der Waals surface area contributed by atoms with Crippen LogP contribution in [0.25, 0.3) is 11.1 Å². The van der Waals surface area contributed by atoms with Gasteiger partial charge in [0.25, 0.3) is 5.91 Å². The molecule has 0 bridgehead atoms. The minimum Gasteiger partial charge on any atom is -0.371 e. The van der Waals surface area contributed by atoms with E-state index in [-0.39, 0.29) is 29.6 Å². The van der Waals surface area contributed by atoms with Crippen LogP contribution in [0.2, 0.25) is 0 Å². The zero-order valence-electron chi connectivity index (χ0n) is 30.8. The van der Waals surface area contributed by atoms with Crippen molar-refractivity contribution in [2.45, 2.75) is 90.1 Å². The molecule has 8 rings (SSSR count). The predicted octanol–water partition coefficient (Wildman–Crippen LogP) is 7.42. The summed E-state index contributed by atoms with van der Waals surface area (Å²) in [6, 6.07) is 23.3. The molecule has 0 radical (unpaired) electrons. The van der Waals surface area contributed by atoms with Crippen molar-refractivity contribution in [1.82, 2.24) is 15.4 Å². The molecule has 1 aliphatic carbocycles. The van der Waals surface area contributed by atoms with Gasteiger partial charge < -0.3 is 19.2 Å². The van der Waals surface area contributed by atoms with Crippen LogP contribution in [-0.2, 0) is 21.5 Å². The largest absolute Gasteiger partial charge is 0.371 e. The minimum atomic E-state index is -0.601. The van der Waals surface area contributed by atoms with E-state index in [2.05, 4.69) is 81.8 Å². The molecule has 3 aliphatic heterocycles. The van der Waals surface area contributed by atoms with Gasteiger partial charge in [0, 0.05) is 60.8 Å². The molecule has 1 N–H and O–H groups in total. The number of nitrogens with zero attached hydrogens (tertiary/aromatic N) is 5. The quantitative estimate of drug-likeness (QED) is 0.169. The average Bonchev–Trinajstić information content (AvgIpc) is 3.81. The van der Waals surface area contributed by atoms with Gasteiger partial charge in [0.15, 0.2) is 0 Å². The minimum absolute atomic E-state index is 0.130. The number of nitriles is 1. The van der Waals surface area contributed by atoms with E-state index < -0.39 is 6.04 Å². The molecular formula is C43H46N6O4. The topological polar surface area (TPSA) is 123 Å². The van der Waals surface area contributed by atoms with Crippen molar-refractivity contribution < 1.29 is 18.9 Å². The zero-order chi connectivity index (χ0) is 36.9. The molecule has 10 heteroatoms. The summed E-state index contributed by atoms with van der Waals surface area (Å²) in [6.07, 6.45) is 6.79. The number of hydrogen-bond donors (Lipinski definition) is 1. The lowest BCUT2D eigenvalue weighted by molar-refractivity contribution is -0.136. The van der Waals surface area contributed by atoms with Crippen LogP contribution in [0.5, 0.6) is 0 Å². The van der Waals surface area contributed by atoms with E-state index in [0.29, 0.717) is 24.4 Å². The highest BCUT2D eigenvalue weighted by Gasteiger charge is 2.45. The van der Waals surface area contributed by atoms with Crippen LogP contribution in [0.3, 0.4) is 0 Å². The Labute approximate surface area is 310 Å². The van der Waals surface area contributed by atoms with Crippen molar-refractivity contribution in [3.63, 3.8) is 0 Å². The molecule has 53 heavy (non-hydrogen) atoms. The van der Waals surface area contributed by atoms with Crippen LogP contribution in [0, 0.1) is 38.0 Å². The summed E-state index contributed by atoms with van der Waals surface area (Å²) in [7, 11) is 0. The summed E-state index contributed by atoms with van der Waals surface area (Å²) in [4.78, 5) is 44.0. The van der Waals surface area contributed by atoms with E-state index in [9.17, 15) is 19.6 Å². The Balaban J connectivity index is 0.933. The molecule has 1 saturated carbocycles. The number of hydrogen-bond acceptors (Lipinski definition) is 8. The third-order valence-corrected chi connectivity index (χ3v) is 12.0. The Morgan fingerprint density at radius 3 is 2.43 bits per heavy atom. The molecule has 3 aromatic carbocycles. The van der Waals surface area contributed by atoms with Gasteiger partial charge in [-0.3, -0.25) is 19.7 Å².